The summed E-state index contributed by atoms with van der Waals surface area (Å²) in [5, 5.41) is 19.6. The highest BCUT2D eigenvalue weighted by atomic mass is 35.5. The van der Waals surface area contributed by atoms with Crippen LogP contribution in [-0.2, 0) is 0 Å². The normalized spacial score (nSPS) is 33.0. The Bertz CT molecular complexity index is 787. The molecular weight excluding hydrogens is 371 g/mol. The molecule has 4 rings (SSSR count). The molecule has 0 aromatic carbocycles. The number of anilines is 1. The van der Waals surface area contributed by atoms with E-state index in [1.165, 1.54) is 0 Å². The molecular formula is C18H24ClFN6O. The monoisotopic (exact) mass is 394 g/mol. The fraction of sp³-hybridized carbons (Fsp3) is 0.556. The molecule has 0 bridgehead atoms. The maximum absolute atomic E-state index is 14.3. The first-order valence-corrected chi connectivity index (χ1v) is 9.69. The average Bonchev–Trinajstić information content (AvgIpc) is 3.07. The quantitative estimate of drug-likeness (QED) is 0.486. The number of aliphatic hydroxyl groups excluding tert-OH is 1. The Balaban J connectivity index is 1.54. The molecule has 0 radical (unpaired) electrons. The fourth-order valence-corrected chi connectivity index (χ4v) is 4.07. The molecule has 146 valence electrons. The average molecular weight is 395 g/mol. The predicted octanol–water partition coefficient (Wildman–Crippen LogP) is 1.07. The Kier molecular flexibility index (Phi) is 5.07. The first kappa shape index (κ1) is 18.6. The summed E-state index contributed by atoms with van der Waals surface area (Å²) in [6, 6.07) is 0. The fourth-order valence-electron chi connectivity index (χ4n) is 3.85. The van der Waals surface area contributed by atoms with Gasteiger partial charge in [0.25, 0.3) is 0 Å². The van der Waals surface area contributed by atoms with Gasteiger partial charge in [0.15, 0.2) is 17.5 Å². The van der Waals surface area contributed by atoms with E-state index in [-0.39, 0.29) is 23.9 Å². The van der Waals surface area contributed by atoms with Crippen molar-refractivity contribution < 1.29 is 9.50 Å². The van der Waals surface area contributed by atoms with E-state index in [0.29, 0.717) is 25.2 Å². The van der Waals surface area contributed by atoms with Crippen LogP contribution in [0.4, 0.5) is 10.2 Å². The second kappa shape index (κ2) is 7.35. The highest BCUT2D eigenvalue weighted by Gasteiger charge is 2.36. The van der Waals surface area contributed by atoms with Crippen molar-refractivity contribution in [3.63, 3.8) is 0 Å². The third-order valence-electron chi connectivity index (χ3n) is 5.50. The van der Waals surface area contributed by atoms with Gasteiger partial charge in [-0.15, -0.1) is 11.6 Å². The van der Waals surface area contributed by atoms with Gasteiger partial charge < -0.3 is 21.5 Å². The lowest BCUT2D eigenvalue weighted by Gasteiger charge is -2.38. The number of rotatable bonds is 4. The van der Waals surface area contributed by atoms with E-state index >= 15 is 0 Å². The predicted molar refractivity (Wildman–Crippen MR) is 103 cm³/mol. The lowest BCUT2D eigenvalue weighted by Crippen LogP contribution is -2.57. The molecule has 2 aliphatic heterocycles. The Labute approximate surface area is 162 Å². The standard InChI is InChI=1S/C18H24ClFN6O/c19-10-5-11-12(7-23-15(11)22-6-10)16-24-8-13(20)17(26-16)25-9-18(21)4-2-1-3-14(18)27/h5,7-8,10,14-15,22-23,27H,1-4,6,9,21H2,(H,24,25,26)/t10?,14-,15?,18-/m0/s1. The van der Waals surface area contributed by atoms with Crippen molar-refractivity contribution in [3.05, 3.63) is 35.7 Å². The van der Waals surface area contributed by atoms with E-state index in [1.54, 1.807) is 0 Å². The summed E-state index contributed by atoms with van der Waals surface area (Å²) in [5.41, 5.74) is 7.28. The second-order valence-electron chi connectivity index (χ2n) is 7.44. The van der Waals surface area contributed by atoms with E-state index in [0.717, 1.165) is 30.2 Å². The summed E-state index contributed by atoms with van der Waals surface area (Å²) in [6.45, 7) is 0.914. The number of hydrogen-bond donors (Lipinski definition) is 5. The first-order chi connectivity index (χ1) is 13.0. The molecule has 6 N–H and O–H groups in total. The molecule has 2 unspecified atom stereocenters. The highest BCUT2D eigenvalue weighted by Crippen LogP contribution is 2.31. The Morgan fingerprint density at radius 3 is 3.11 bits per heavy atom. The number of nitrogens with zero attached hydrogens (tertiary/aromatic N) is 2. The molecule has 1 aliphatic carbocycles. The van der Waals surface area contributed by atoms with Crippen LogP contribution in [0.15, 0.2) is 24.0 Å². The lowest BCUT2D eigenvalue weighted by molar-refractivity contribution is 0.0538. The molecule has 27 heavy (non-hydrogen) atoms. The van der Waals surface area contributed by atoms with Gasteiger partial charge in [0.05, 0.1) is 23.2 Å². The van der Waals surface area contributed by atoms with Gasteiger partial charge in [0.1, 0.15) is 6.17 Å². The van der Waals surface area contributed by atoms with Crippen LogP contribution in [-0.4, -0.2) is 51.3 Å². The number of hydrogen-bond acceptors (Lipinski definition) is 7. The molecule has 0 saturated heterocycles. The van der Waals surface area contributed by atoms with Crippen LogP contribution >= 0.6 is 11.6 Å². The van der Waals surface area contributed by atoms with E-state index in [4.69, 9.17) is 17.3 Å². The first-order valence-electron chi connectivity index (χ1n) is 9.26. The molecule has 7 nitrogen and oxygen atoms in total. The van der Waals surface area contributed by atoms with E-state index in [1.807, 2.05) is 12.3 Å². The van der Waals surface area contributed by atoms with Gasteiger partial charge in [0, 0.05) is 24.9 Å². The van der Waals surface area contributed by atoms with Crippen LogP contribution in [0, 0.1) is 5.82 Å². The van der Waals surface area contributed by atoms with E-state index < -0.39 is 17.5 Å². The Morgan fingerprint density at radius 2 is 2.30 bits per heavy atom. The maximum Gasteiger partial charge on any atom is 0.183 e. The van der Waals surface area contributed by atoms with Crippen molar-refractivity contribution in [3.8, 4) is 0 Å². The number of aliphatic hydroxyl groups is 1. The summed E-state index contributed by atoms with van der Waals surface area (Å²) in [4.78, 5) is 8.49. The highest BCUT2D eigenvalue weighted by molar-refractivity contribution is 6.22. The van der Waals surface area contributed by atoms with Crippen LogP contribution < -0.4 is 21.7 Å². The molecule has 1 aromatic heterocycles. The molecule has 1 fully saturated rings. The maximum atomic E-state index is 14.3. The minimum absolute atomic E-state index is 0.0373. The van der Waals surface area contributed by atoms with Gasteiger partial charge in [-0.1, -0.05) is 18.9 Å². The number of alkyl halides is 1. The molecule has 3 heterocycles. The van der Waals surface area contributed by atoms with E-state index in [9.17, 15) is 9.50 Å². The van der Waals surface area contributed by atoms with Gasteiger partial charge >= 0.3 is 0 Å². The van der Waals surface area contributed by atoms with Crippen LogP contribution in [0.5, 0.6) is 0 Å². The van der Waals surface area contributed by atoms with Crippen LogP contribution in [0.3, 0.4) is 0 Å². The summed E-state index contributed by atoms with van der Waals surface area (Å²) in [6.07, 6.45) is 7.53. The summed E-state index contributed by atoms with van der Waals surface area (Å²) in [5.74, 6) is -0.0663. The SMILES string of the molecule is N[C@]1(CNc2nc(C3=CNC4NCC(Cl)C=C34)ncc2F)CCCC[C@@H]1O. The van der Waals surface area contributed by atoms with Crippen LogP contribution in [0.2, 0.25) is 0 Å². The smallest absolute Gasteiger partial charge is 0.183 e. The Hall–Kier alpha value is -1.74. The largest absolute Gasteiger partial charge is 0.391 e. The van der Waals surface area contributed by atoms with Crippen LogP contribution in [0.1, 0.15) is 31.5 Å². The van der Waals surface area contributed by atoms with Crippen molar-refractivity contribution in [2.75, 3.05) is 18.4 Å². The number of nitrogens with two attached hydrogens (primary N) is 1. The molecule has 0 spiro atoms. The summed E-state index contributed by atoms with van der Waals surface area (Å²) >= 11 is 6.21. The van der Waals surface area contributed by atoms with Crippen LogP contribution in [0.25, 0.3) is 5.57 Å². The number of halogens is 2. The zero-order valence-electron chi connectivity index (χ0n) is 14.9. The Morgan fingerprint density at radius 1 is 1.44 bits per heavy atom. The van der Waals surface area contributed by atoms with Gasteiger partial charge in [-0.25, -0.2) is 14.4 Å². The third-order valence-corrected chi connectivity index (χ3v) is 5.78. The minimum atomic E-state index is -0.781. The van der Waals surface area contributed by atoms with Crippen molar-refractivity contribution >= 4 is 23.0 Å². The number of aromatic nitrogens is 2. The second-order valence-corrected chi connectivity index (χ2v) is 8.00. The minimum Gasteiger partial charge on any atom is -0.391 e. The zero-order chi connectivity index (χ0) is 19.0. The zero-order valence-corrected chi connectivity index (χ0v) is 15.6. The summed E-state index contributed by atoms with van der Waals surface area (Å²) in [7, 11) is 0. The van der Waals surface area contributed by atoms with Crippen molar-refractivity contribution in [2.24, 2.45) is 5.73 Å². The van der Waals surface area contributed by atoms with Gasteiger partial charge in [-0.05, 0) is 18.4 Å². The molecule has 9 heteroatoms. The third kappa shape index (κ3) is 3.67. The molecule has 1 aromatic rings. The lowest BCUT2D eigenvalue weighted by atomic mass is 9.80. The van der Waals surface area contributed by atoms with E-state index in [2.05, 4.69) is 25.9 Å². The van der Waals surface area contributed by atoms with Crippen molar-refractivity contribution in [2.45, 2.75) is 48.9 Å². The van der Waals surface area contributed by atoms with Gasteiger partial charge in [-0.3, -0.25) is 5.32 Å². The number of nitrogens with one attached hydrogen (secondary N) is 3. The molecule has 4 atom stereocenters. The van der Waals surface area contributed by atoms with Crippen molar-refractivity contribution in [1.29, 1.82) is 0 Å². The molecule has 1 saturated carbocycles. The van der Waals surface area contributed by atoms with Crippen molar-refractivity contribution in [1.82, 2.24) is 20.6 Å². The van der Waals surface area contributed by atoms with Gasteiger partial charge in [-0.2, -0.15) is 0 Å². The summed E-state index contributed by atoms with van der Waals surface area (Å²) < 4.78 is 14.3. The topological polar surface area (TPSA) is 108 Å². The number of fused-ring (bicyclic) bond motifs is 1. The molecule has 3 aliphatic rings. The van der Waals surface area contributed by atoms with Gasteiger partial charge in [0.2, 0.25) is 0 Å². The molecule has 0 amide bonds.